The summed E-state index contributed by atoms with van der Waals surface area (Å²) in [6.07, 6.45) is 6.99. The zero-order valence-corrected chi connectivity index (χ0v) is 9.57. The van der Waals surface area contributed by atoms with Gasteiger partial charge in [-0.15, -0.1) is 0 Å². The van der Waals surface area contributed by atoms with Crippen molar-refractivity contribution in [2.45, 2.75) is 26.2 Å². The van der Waals surface area contributed by atoms with Crippen molar-refractivity contribution in [3.63, 3.8) is 0 Å². The molecule has 1 saturated carbocycles. The lowest BCUT2D eigenvalue weighted by molar-refractivity contribution is 0.401. The van der Waals surface area contributed by atoms with E-state index >= 15 is 0 Å². The van der Waals surface area contributed by atoms with Crippen LogP contribution in [0.3, 0.4) is 0 Å². The lowest BCUT2D eigenvalue weighted by atomic mass is 10.1. The molecule has 3 nitrogen and oxygen atoms in total. The normalized spacial score (nSPS) is 16.2. The Bertz CT molecular complexity index is 439. The highest BCUT2D eigenvalue weighted by Gasteiger charge is 2.23. The second kappa shape index (κ2) is 4.47. The van der Waals surface area contributed by atoms with Crippen molar-refractivity contribution in [3.8, 4) is 0 Å². The van der Waals surface area contributed by atoms with Gasteiger partial charge in [0, 0.05) is 12.0 Å². The van der Waals surface area contributed by atoms with Gasteiger partial charge in [-0.2, -0.15) is 4.98 Å². The Hall–Kier alpha value is -1.64. The number of aromatic nitrogens is 2. The maximum atomic E-state index is 5.17. The molecular weight excluding hydrogens is 200 g/mol. The first-order valence-electron chi connectivity index (χ1n) is 5.60. The molecule has 0 aromatic carbocycles. The summed E-state index contributed by atoms with van der Waals surface area (Å²) in [5.41, 5.74) is 2.00. The molecule has 1 heterocycles. The van der Waals surface area contributed by atoms with Crippen LogP contribution in [0.1, 0.15) is 31.5 Å². The first kappa shape index (κ1) is 10.9. The minimum atomic E-state index is 0.536. The van der Waals surface area contributed by atoms with Gasteiger partial charge in [-0.05, 0) is 24.8 Å². The highest BCUT2D eigenvalue weighted by atomic mass is 16.5. The first-order valence-corrected chi connectivity index (χ1v) is 5.60. The van der Waals surface area contributed by atoms with E-state index in [0.717, 1.165) is 23.4 Å². The van der Waals surface area contributed by atoms with Crippen molar-refractivity contribution < 1.29 is 4.52 Å². The molecule has 1 fully saturated rings. The van der Waals surface area contributed by atoms with Gasteiger partial charge < -0.3 is 4.52 Å². The highest BCUT2D eigenvalue weighted by molar-refractivity contribution is 5.70. The SMILES string of the molecule is C=C/C(=C\C(=C)C1CC1)c1nc(CC)no1. The van der Waals surface area contributed by atoms with E-state index in [4.69, 9.17) is 4.52 Å². The van der Waals surface area contributed by atoms with Crippen LogP contribution in [0.25, 0.3) is 5.57 Å². The van der Waals surface area contributed by atoms with E-state index in [0.29, 0.717) is 11.8 Å². The van der Waals surface area contributed by atoms with Crippen molar-refractivity contribution in [2.24, 2.45) is 5.92 Å². The third-order valence-corrected chi connectivity index (χ3v) is 2.69. The minimum absolute atomic E-state index is 0.536. The van der Waals surface area contributed by atoms with E-state index < -0.39 is 0 Å². The van der Waals surface area contributed by atoms with Crippen LogP contribution in [0.15, 0.2) is 35.4 Å². The van der Waals surface area contributed by atoms with Crippen LogP contribution < -0.4 is 0 Å². The van der Waals surface area contributed by atoms with Crippen molar-refractivity contribution in [1.82, 2.24) is 10.1 Å². The molecule has 0 atom stereocenters. The summed E-state index contributed by atoms with van der Waals surface area (Å²) in [6.45, 7) is 9.81. The smallest absolute Gasteiger partial charge is 0.257 e. The molecule has 84 valence electrons. The lowest BCUT2D eigenvalue weighted by Gasteiger charge is -1.97. The topological polar surface area (TPSA) is 38.9 Å². The summed E-state index contributed by atoms with van der Waals surface area (Å²) in [4.78, 5) is 4.27. The number of hydrogen-bond donors (Lipinski definition) is 0. The Morgan fingerprint density at radius 2 is 2.31 bits per heavy atom. The minimum Gasteiger partial charge on any atom is -0.334 e. The molecule has 0 spiro atoms. The molecule has 0 N–H and O–H groups in total. The van der Waals surface area contributed by atoms with Gasteiger partial charge >= 0.3 is 0 Å². The Labute approximate surface area is 95.6 Å². The number of hydrogen-bond acceptors (Lipinski definition) is 3. The Morgan fingerprint density at radius 1 is 1.56 bits per heavy atom. The predicted molar refractivity (Wildman–Crippen MR) is 63.7 cm³/mol. The summed E-state index contributed by atoms with van der Waals surface area (Å²) < 4.78 is 5.17. The van der Waals surface area contributed by atoms with Crippen LogP contribution in [-0.2, 0) is 6.42 Å². The van der Waals surface area contributed by atoms with Crippen molar-refractivity contribution in [2.75, 3.05) is 0 Å². The van der Waals surface area contributed by atoms with Gasteiger partial charge in [0.15, 0.2) is 5.82 Å². The third kappa shape index (κ3) is 2.30. The summed E-state index contributed by atoms with van der Waals surface area (Å²) in [5, 5.41) is 3.87. The van der Waals surface area contributed by atoms with Crippen LogP contribution in [0.5, 0.6) is 0 Å². The van der Waals surface area contributed by atoms with E-state index in [-0.39, 0.29) is 0 Å². The molecule has 0 unspecified atom stereocenters. The number of rotatable bonds is 5. The summed E-state index contributed by atoms with van der Waals surface area (Å²) in [6, 6.07) is 0. The van der Waals surface area contributed by atoms with Gasteiger partial charge in [-0.3, -0.25) is 0 Å². The maximum Gasteiger partial charge on any atom is 0.257 e. The molecule has 1 aliphatic rings. The average molecular weight is 216 g/mol. The lowest BCUT2D eigenvalue weighted by Crippen LogP contribution is -1.86. The van der Waals surface area contributed by atoms with Gasteiger partial charge in [-0.1, -0.05) is 36.9 Å². The van der Waals surface area contributed by atoms with Gasteiger partial charge in [0.05, 0.1) is 0 Å². The molecule has 1 aromatic heterocycles. The molecule has 0 radical (unpaired) electrons. The summed E-state index contributed by atoms with van der Waals surface area (Å²) in [7, 11) is 0. The Kier molecular flexibility index (Phi) is 3.04. The average Bonchev–Trinajstić information content (AvgIpc) is 3.04. The molecule has 0 saturated heterocycles. The van der Waals surface area contributed by atoms with Gasteiger partial charge in [-0.25, -0.2) is 0 Å². The Balaban J connectivity index is 2.20. The van der Waals surface area contributed by atoms with Crippen molar-refractivity contribution >= 4 is 5.57 Å². The summed E-state index contributed by atoms with van der Waals surface area (Å²) >= 11 is 0. The zero-order chi connectivity index (χ0) is 11.5. The Morgan fingerprint density at radius 3 is 2.81 bits per heavy atom. The summed E-state index contributed by atoms with van der Waals surface area (Å²) in [5.74, 6) is 1.90. The molecule has 1 aromatic rings. The quantitative estimate of drug-likeness (QED) is 0.709. The van der Waals surface area contributed by atoms with E-state index in [1.165, 1.54) is 12.8 Å². The van der Waals surface area contributed by atoms with Crippen LogP contribution in [-0.4, -0.2) is 10.1 Å². The van der Waals surface area contributed by atoms with E-state index in [1.807, 2.05) is 13.0 Å². The molecule has 1 aliphatic carbocycles. The van der Waals surface area contributed by atoms with Gasteiger partial charge in [0.2, 0.25) is 0 Å². The monoisotopic (exact) mass is 216 g/mol. The molecule has 16 heavy (non-hydrogen) atoms. The molecule has 2 rings (SSSR count). The zero-order valence-electron chi connectivity index (χ0n) is 9.57. The van der Waals surface area contributed by atoms with Crippen LogP contribution in [0.2, 0.25) is 0 Å². The third-order valence-electron chi connectivity index (χ3n) is 2.69. The molecule has 0 bridgehead atoms. The fraction of sp³-hybridized carbons (Fsp3) is 0.385. The molecular formula is C13H16N2O. The predicted octanol–water partition coefficient (Wildman–Crippen LogP) is 3.17. The largest absolute Gasteiger partial charge is 0.334 e. The van der Waals surface area contributed by atoms with Crippen molar-refractivity contribution in [1.29, 1.82) is 0 Å². The fourth-order valence-electron chi connectivity index (χ4n) is 1.49. The van der Waals surface area contributed by atoms with E-state index in [2.05, 4.69) is 23.3 Å². The van der Waals surface area contributed by atoms with Gasteiger partial charge in [0.1, 0.15) is 0 Å². The molecule has 0 amide bonds. The first-order chi connectivity index (χ1) is 7.74. The van der Waals surface area contributed by atoms with Crippen molar-refractivity contribution in [3.05, 3.63) is 42.6 Å². The standard InChI is InChI=1S/C13H16N2O/c1-4-10(8-9(3)11-6-7-11)13-14-12(5-2)15-16-13/h4,8,11H,1,3,5-7H2,2H3/b10-8+. The highest BCUT2D eigenvalue weighted by Crippen LogP contribution is 2.37. The maximum absolute atomic E-state index is 5.17. The van der Waals surface area contributed by atoms with E-state index in [9.17, 15) is 0 Å². The van der Waals surface area contributed by atoms with Crippen LogP contribution in [0.4, 0.5) is 0 Å². The number of allylic oxidation sites excluding steroid dienone is 4. The van der Waals surface area contributed by atoms with Crippen LogP contribution >= 0.6 is 0 Å². The second-order valence-electron chi connectivity index (χ2n) is 4.02. The fourth-order valence-corrected chi connectivity index (χ4v) is 1.49. The number of nitrogens with zero attached hydrogens (tertiary/aromatic N) is 2. The van der Waals surface area contributed by atoms with E-state index in [1.54, 1.807) is 6.08 Å². The van der Waals surface area contributed by atoms with Crippen LogP contribution in [0, 0.1) is 5.92 Å². The second-order valence-corrected chi connectivity index (χ2v) is 4.02. The number of aryl methyl sites for hydroxylation is 1. The molecule has 3 heteroatoms. The molecule has 0 aliphatic heterocycles. The van der Waals surface area contributed by atoms with Gasteiger partial charge in [0.25, 0.3) is 5.89 Å².